The minimum atomic E-state index is 0.0125. The molecule has 1 atom stereocenters. The van der Waals surface area contributed by atoms with Crippen molar-refractivity contribution in [2.75, 3.05) is 6.54 Å². The maximum Gasteiger partial charge on any atom is 0.220 e. The number of nitrogens with two attached hydrogens (primary N) is 1. The molecule has 0 aliphatic rings. The van der Waals surface area contributed by atoms with Gasteiger partial charge in [0, 0.05) is 13.5 Å². The summed E-state index contributed by atoms with van der Waals surface area (Å²) in [6.45, 7) is 5.20. The average Bonchev–Trinajstić information content (AvgIpc) is 2.71. The number of hydrogen-bond acceptors (Lipinski definition) is 4. The summed E-state index contributed by atoms with van der Waals surface area (Å²) in [4.78, 5) is 15.8. The van der Waals surface area contributed by atoms with Crippen molar-refractivity contribution in [2.24, 2.45) is 24.6 Å². The van der Waals surface area contributed by atoms with Gasteiger partial charge in [0.05, 0.1) is 6.54 Å². The van der Waals surface area contributed by atoms with Crippen molar-refractivity contribution >= 4 is 5.91 Å². The predicted molar refractivity (Wildman–Crippen MR) is 69.5 cm³/mol. The third kappa shape index (κ3) is 5.27. The van der Waals surface area contributed by atoms with Crippen LogP contribution in [0.3, 0.4) is 0 Å². The lowest BCUT2D eigenvalue weighted by molar-refractivity contribution is -0.122. The second-order valence-electron chi connectivity index (χ2n) is 5.05. The molecule has 1 aromatic rings. The highest BCUT2D eigenvalue weighted by molar-refractivity contribution is 5.76. The summed E-state index contributed by atoms with van der Waals surface area (Å²) in [5, 5.41) is 6.91. The molecule has 1 heterocycles. The van der Waals surface area contributed by atoms with Gasteiger partial charge in [-0.1, -0.05) is 13.8 Å². The van der Waals surface area contributed by atoms with Crippen LogP contribution in [0.2, 0.25) is 0 Å². The Morgan fingerprint density at radius 2 is 2.28 bits per heavy atom. The Balaban J connectivity index is 2.32. The topological polar surface area (TPSA) is 85.8 Å². The molecule has 0 saturated carbocycles. The average molecular weight is 253 g/mol. The van der Waals surface area contributed by atoms with Crippen LogP contribution in [0.25, 0.3) is 0 Å². The fraction of sp³-hybridized carbons (Fsp3) is 0.750. The molecule has 0 fully saturated rings. The Labute approximate surface area is 108 Å². The number of nitrogens with zero attached hydrogens (tertiary/aromatic N) is 3. The summed E-state index contributed by atoms with van der Waals surface area (Å²) in [6.07, 6.45) is 3.07. The highest BCUT2D eigenvalue weighted by Gasteiger charge is 2.14. The first-order valence-corrected chi connectivity index (χ1v) is 6.32. The van der Waals surface area contributed by atoms with Gasteiger partial charge in [-0.05, 0) is 24.8 Å². The summed E-state index contributed by atoms with van der Waals surface area (Å²) in [5.74, 6) is 1.45. The number of carbonyl (C=O) groups excluding carboxylic acids is 1. The van der Waals surface area contributed by atoms with E-state index in [1.54, 1.807) is 18.1 Å². The monoisotopic (exact) mass is 253 g/mol. The van der Waals surface area contributed by atoms with E-state index in [0.29, 0.717) is 31.3 Å². The first kappa shape index (κ1) is 14.6. The van der Waals surface area contributed by atoms with E-state index in [2.05, 4.69) is 29.2 Å². The Morgan fingerprint density at radius 1 is 1.56 bits per heavy atom. The Morgan fingerprint density at radius 3 is 2.78 bits per heavy atom. The zero-order valence-corrected chi connectivity index (χ0v) is 11.4. The molecule has 6 heteroatoms. The minimum absolute atomic E-state index is 0.0125. The molecule has 1 unspecified atom stereocenters. The molecule has 0 saturated heterocycles. The molecule has 18 heavy (non-hydrogen) atoms. The number of rotatable bonds is 7. The molecular weight excluding hydrogens is 230 g/mol. The first-order chi connectivity index (χ1) is 8.51. The number of hydrogen-bond donors (Lipinski definition) is 2. The zero-order valence-electron chi connectivity index (χ0n) is 11.4. The normalized spacial score (nSPS) is 12.7. The largest absolute Gasteiger partial charge is 0.349 e. The lowest BCUT2D eigenvalue weighted by atomic mass is 9.94. The van der Waals surface area contributed by atoms with Gasteiger partial charge in [0.2, 0.25) is 5.91 Å². The van der Waals surface area contributed by atoms with E-state index < -0.39 is 0 Å². The maximum atomic E-state index is 11.7. The molecular formula is C12H23N5O. The number of amides is 1. The van der Waals surface area contributed by atoms with Gasteiger partial charge in [-0.25, -0.2) is 4.98 Å². The van der Waals surface area contributed by atoms with Crippen molar-refractivity contribution in [1.82, 2.24) is 20.1 Å². The molecule has 0 aliphatic carbocycles. The zero-order chi connectivity index (χ0) is 13.5. The number of nitrogens with one attached hydrogen (secondary N) is 1. The minimum Gasteiger partial charge on any atom is -0.349 e. The second kappa shape index (κ2) is 7.10. The van der Waals surface area contributed by atoms with E-state index in [0.717, 1.165) is 6.42 Å². The van der Waals surface area contributed by atoms with Crippen molar-refractivity contribution in [2.45, 2.75) is 33.2 Å². The molecule has 0 aliphatic heterocycles. The van der Waals surface area contributed by atoms with Gasteiger partial charge in [-0.15, -0.1) is 0 Å². The van der Waals surface area contributed by atoms with Crippen molar-refractivity contribution < 1.29 is 4.79 Å². The van der Waals surface area contributed by atoms with Crippen LogP contribution >= 0.6 is 0 Å². The van der Waals surface area contributed by atoms with Crippen molar-refractivity contribution in [1.29, 1.82) is 0 Å². The van der Waals surface area contributed by atoms with Crippen LogP contribution in [0.5, 0.6) is 0 Å². The smallest absolute Gasteiger partial charge is 0.220 e. The van der Waals surface area contributed by atoms with Crippen LogP contribution < -0.4 is 11.1 Å². The van der Waals surface area contributed by atoms with Crippen LogP contribution in [0.15, 0.2) is 6.33 Å². The number of aromatic nitrogens is 3. The number of carbonyl (C=O) groups is 1. The third-order valence-corrected chi connectivity index (χ3v) is 2.70. The summed E-state index contributed by atoms with van der Waals surface area (Å²) < 4.78 is 1.61. The van der Waals surface area contributed by atoms with E-state index in [4.69, 9.17) is 5.73 Å². The molecule has 0 radical (unpaired) electrons. The van der Waals surface area contributed by atoms with Crippen molar-refractivity contribution in [3.05, 3.63) is 12.2 Å². The molecule has 102 valence electrons. The van der Waals surface area contributed by atoms with Gasteiger partial charge >= 0.3 is 0 Å². The molecule has 6 nitrogen and oxygen atoms in total. The molecule has 1 rings (SSSR count). The Hall–Kier alpha value is -1.43. The lowest BCUT2D eigenvalue weighted by Crippen LogP contribution is -2.28. The van der Waals surface area contributed by atoms with Gasteiger partial charge in [-0.3, -0.25) is 9.48 Å². The second-order valence-corrected chi connectivity index (χ2v) is 5.05. The van der Waals surface area contributed by atoms with Crippen LogP contribution in [-0.4, -0.2) is 27.2 Å². The van der Waals surface area contributed by atoms with Crippen LogP contribution in [-0.2, 0) is 18.4 Å². The SMILES string of the molecule is CC(C)CC(CN)CC(=O)NCc1ncn(C)n1. The molecule has 0 bridgehead atoms. The summed E-state index contributed by atoms with van der Waals surface area (Å²) in [5.41, 5.74) is 5.67. The molecule has 0 aromatic carbocycles. The van der Waals surface area contributed by atoms with Gasteiger partial charge in [0.25, 0.3) is 0 Å². The molecule has 1 aromatic heterocycles. The fourth-order valence-electron chi connectivity index (χ4n) is 1.91. The predicted octanol–water partition coefficient (Wildman–Crippen LogP) is 0.442. The molecule has 1 amide bonds. The maximum absolute atomic E-state index is 11.7. The fourth-order valence-corrected chi connectivity index (χ4v) is 1.91. The highest BCUT2D eigenvalue weighted by Crippen LogP contribution is 2.13. The Kier molecular flexibility index (Phi) is 5.77. The lowest BCUT2D eigenvalue weighted by Gasteiger charge is -2.16. The van der Waals surface area contributed by atoms with Crippen molar-refractivity contribution in [3.63, 3.8) is 0 Å². The molecule has 0 spiro atoms. The van der Waals surface area contributed by atoms with E-state index in [-0.39, 0.29) is 11.8 Å². The Bertz CT molecular complexity index is 374. The van der Waals surface area contributed by atoms with E-state index in [1.807, 2.05) is 0 Å². The van der Waals surface area contributed by atoms with E-state index >= 15 is 0 Å². The quantitative estimate of drug-likeness (QED) is 0.738. The standard InChI is InChI=1S/C12H23N5O/c1-9(2)4-10(6-13)5-12(18)14-7-11-15-8-17(3)16-11/h8-10H,4-7,13H2,1-3H3,(H,14,18). The summed E-state index contributed by atoms with van der Waals surface area (Å²) in [6, 6.07) is 0. The van der Waals surface area contributed by atoms with Crippen LogP contribution in [0.1, 0.15) is 32.5 Å². The van der Waals surface area contributed by atoms with E-state index in [9.17, 15) is 4.79 Å². The highest BCUT2D eigenvalue weighted by atomic mass is 16.1. The van der Waals surface area contributed by atoms with Crippen LogP contribution in [0.4, 0.5) is 0 Å². The van der Waals surface area contributed by atoms with Crippen LogP contribution in [0, 0.1) is 11.8 Å². The van der Waals surface area contributed by atoms with Gasteiger partial charge in [0.1, 0.15) is 6.33 Å². The summed E-state index contributed by atoms with van der Waals surface area (Å²) >= 11 is 0. The first-order valence-electron chi connectivity index (χ1n) is 6.32. The number of aryl methyl sites for hydroxylation is 1. The van der Waals surface area contributed by atoms with Gasteiger partial charge < -0.3 is 11.1 Å². The summed E-state index contributed by atoms with van der Waals surface area (Å²) in [7, 11) is 1.80. The third-order valence-electron chi connectivity index (χ3n) is 2.70. The van der Waals surface area contributed by atoms with Crippen molar-refractivity contribution in [3.8, 4) is 0 Å². The van der Waals surface area contributed by atoms with E-state index in [1.165, 1.54) is 0 Å². The van der Waals surface area contributed by atoms with Gasteiger partial charge in [0.15, 0.2) is 5.82 Å². The van der Waals surface area contributed by atoms with Gasteiger partial charge in [-0.2, -0.15) is 5.10 Å². The molecule has 3 N–H and O–H groups in total.